The van der Waals surface area contributed by atoms with E-state index in [9.17, 15) is 28.9 Å². The molecule has 0 bridgehead atoms. The lowest BCUT2D eigenvalue weighted by molar-refractivity contribution is -0.208. The molecule has 5 N–H and O–H groups in total. The minimum atomic E-state index is -2.81. The average Bonchev–Trinajstić information content (AvgIpc) is 2.99. The van der Waals surface area contributed by atoms with E-state index >= 15 is 0 Å². The van der Waals surface area contributed by atoms with Gasteiger partial charge >= 0.3 is 0 Å². The van der Waals surface area contributed by atoms with Crippen molar-refractivity contribution in [3.05, 3.63) is 0 Å². The first kappa shape index (κ1) is 24.1. The summed E-state index contributed by atoms with van der Waals surface area (Å²) in [5, 5.41) is 36.6. The summed E-state index contributed by atoms with van der Waals surface area (Å²) in [5.74, 6) is -3.87. The number of halogens is 2. The van der Waals surface area contributed by atoms with Crippen molar-refractivity contribution >= 4 is 17.7 Å². The van der Waals surface area contributed by atoms with Crippen LogP contribution < -0.4 is 10.6 Å². The third-order valence-electron chi connectivity index (χ3n) is 6.23. The molecule has 0 aromatic heterocycles. The highest BCUT2D eigenvalue weighted by molar-refractivity contribution is 7.99. The Balaban J connectivity index is 1.71. The van der Waals surface area contributed by atoms with Crippen molar-refractivity contribution in [1.82, 2.24) is 10.6 Å². The molecular weight excluding hydrogens is 422 g/mol. The maximum Gasteiger partial charge on any atom is 0.250 e. The lowest BCUT2D eigenvalue weighted by Crippen LogP contribution is -2.65. The van der Waals surface area contributed by atoms with Crippen molar-refractivity contribution in [3.63, 3.8) is 0 Å². The van der Waals surface area contributed by atoms with Gasteiger partial charge in [0.05, 0.1) is 18.8 Å². The molecule has 3 aliphatic heterocycles. The first-order chi connectivity index (χ1) is 14.1. The number of ether oxygens (including phenoxy) is 2. The standard InChI is InChI=1S/C19H32F2N2O6S/c1-8(2)10(16-13(25)12(24)14(26)18(29-16)30-3)23-17(27)11-15-9(7-22-11)6-19(20,21)4-5-28-15/h8-16,18,22,24-26H,4-7H2,1-3H3,(H,23,27)/t9-,10+,11-,12?,13?,14+,15+,16+,18?/m0/s1. The van der Waals surface area contributed by atoms with Crippen LogP contribution in [0.2, 0.25) is 0 Å². The number of nitrogens with one attached hydrogen (secondary N) is 2. The number of carbonyl (C=O) groups excluding carboxylic acids is 1. The van der Waals surface area contributed by atoms with Gasteiger partial charge in [-0.05, 0) is 12.2 Å². The molecule has 0 aliphatic carbocycles. The minimum Gasteiger partial charge on any atom is -0.388 e. The van der Waals surface area contributed by atoms with Crippen molar-refractivity contribution in [1.29, 1.82) is 0 Å². The molecule has 1 amide bonds. The van der Waals surface area contributed by atoms with Crippen LogP contribution in [0, 0.1) is 11.8 Å². The van der Waals surface area contributed by atoms with Gasteiger partial charge in [-0.3, -0.25) is 4.79 Å². The predicted molar refractivity (Wildman–Crippen MR) is 106 cm³/mol. The molecule has 9 atom stereocenters. The Morgan fingerprint density at radius 3 is 2.57 bits per heavy atom. The van der Waals surface area contributed by atoms with Crippen LogP contribution >= 0.6 is 11.8 Å². The third-order valence-corrected chi connectivity index (χ3v) is 7.09. The Bertz CT molecular complexity index is 614. The van der Waals surface area contributed by atoms with Gasteiger partial charge < -0.3 is 35.4 Å². The summed E-state index contributed by atoms with van der Waals surface area (Å²) in [4.78, 5) is 13.0. The molecule has 8 nitrogen and oxygen atoms in total. The average molecular weight is 455 g/mol. The molecule has 3 unspecified atom stereocenters. The molecular formula is C19H32F2N2O6S. The van der Waals surface area contributed by atoms with Gasteiger partial charge in [0, 0.05) is 25.3 Å². The number of amides is 1. The summed E-state index contributed by atoms with van der Waals surface area (Å²) in [5.41, 5.74) is -0.757. The highest BCUT2D eigenvalue weighted by Gasteiger charge is 2.50. The SMILES string of the molecule is CSC1O[C@H]([C@H](NC(=O)[C@H]2NC[C@@H]3CC(F)(F)CCO[C@H]32)C(C)C)C(O)C(O)[C@H]1O. The number of carbonyl (C=O) groups is 1. The molecule has 30 heavy (non-hydrogen) atoms. The fourth-order valence-corrected chi connectivity index (χ4v) is 5.20. The van der Waals surface area contributed by atoms with Gasteiger partial charge in [0.1, 0.15) is 35.9 Å². The smallest absolute Gasteiger partial charge is 0.250 e. The van der Waals surface area contributed by atoms with E-state index in [0.29, 0.717) is 0 Å². The number of aliphatic hydroxyl groups excluding tert-OH is 3. The minimum absolute atomic E-state index is 0.114. The molecule has 174 valence electrons. The van der Waals surface area contributed by atoms with Gasteiger partial charge in [-0.2, -0.15) is 0 Å². The summed E-state index contributed by atoms with van der Waals surface area (Å²) >= 11 is 1.19. The fourth-order valence-electron chi connectivity index (χ4n) is 4.52. The highest BCUT2D eigenvalue weighted by Crippen LogP contribution is 2.36. The molecule has 0 aromatic rings. The maximum atomic E-state index is 13.9. The Hall–Kier alpha value is -0.560. The number of fused-ring (bicyclic) bond motifs is 1. The number of rotatable bonds is 5. The molecule has 3 heterocycles. The summed E-state index contributed by atoms with van der Waals surface area (Å²) in [7, 11) is 0. The van der Waals surface area contributed by atoms with E-state index in [0.717, 1.165) is 0 Å². The molecule has 11 heteroatoms. The number of aliphatic hydroxyl groups is 3. The number of alkyl halides is 2. The van der Waals surface area contributed by atoms with Crippen LogP contribution in [0.25, 0.3) is 0 Å². The molecule has 3 saturated heterocycles. The molecule has 0 aromatic carbocycles. The molecule has 0 radical (unpaired) electrons. The Kier molecular flexibility index (Phi) is 7.64. The molecule has 0 spiro atoms. The van der Waals surface area contributed by atoms with Gasteiger partial charge in [0.15, 0.2) is 0 Å². The van der Waals surface area contributed by atoms with Crippen molar-refractivity contribution in [3.8, 4) is 0 Å². The van der Waals surface area contributed by atoms with Gasteiger partial charge in [0.25, 0.3) is 5.92 Å². The zero-order valence-electron chi connectivity index (χ0n) is 17.3. The van der Waals surface area contributed by atoms with Gasteiger partial charge in [-0.15, -0.1) is 11.8 Å². The lowest BCUT2D eigenvalue weighted by atomic mass is 9.88. The van der Waals surface area contributed by atoms with E-state index < -0.39 is 65.8 Å². The van der Waals surface area contributed by atoms with Gasteiger partial charge in [0.2, 0.25) is 5.91 Å². The molecule has 3 rings (SSSR count). The molecule has 3 aliphatic rings. The molecule has 3 fully saturated rings. The number of thioether (sulfide) groups is 1. The van der Waals surface area contributed by atoms with E-state index in [-0.39, 0.29) is 31.9 Å². The quantitative estimate of drug-likeness (QED) is 0.384. The van der Waals surface area contributed by atoms with Crippen LogP contribution in [0.4, 0.5) is 8.78 Å². The maximum absolute atomic E-state index is 13.9. The first-order valence-corrected chi connectivity index (χ1v) is 11.6. The molecule has 0 saturated carbocycles. The van der Waals surface area contributed by atoms with E-state index in [1.807, 2.05) is 13.8 Å². The topological polar surface area (TPSA) is 120 Å². The van der Waals surface area contributed by atoms with Crippen LogP contribution in [0.1, 0.15) is 26.7 Å². The summed E-state index contributed by atoms with van der Waals surface area (Å²) < 4.78 is 39.2. The summed E-state index contributed by atoms with van der Waals surface area (Å²) in [6.07, 6.45) is -4.65. The number of hydrogen-bond donors (Lipinski definition) is 5. The lowest BCUT2D eigenvalue weighted by Gasteiger charge is -2.44. The van der Waals surface area contributed by atoms with E-state index in [4.69, 9.17) is 9.47 Å². The van der Waals surface area contributed by atoms with Crippen molar-refractivity contribution < 1.29 is 38.4 Å². The normalized spacial score (nSPS) is 42.4. The van der Waals surface area contributed by atoms with Gasteiger partial charge in [-0.1, -0.05) is 13.8 Å². The van der Waals surface area contributed by atoms with Crippen molar-refractivity contribution in [2.24, 2.45) is 11.8 Å². The van der Waals surface area contributed by atoms with Crippen LogP contribution in [0.5, 0.6) is 0 Å². The van der Waals surface area contributed by atoms with Crippen LogP contribution in [-0.4, -0.2) is 94.6 Å². The Labute approximate surface area is 179 Å². The first-order valence-electron chi connectivity index (χ1n) is 10.3. The third kappa shape index (κ3) is 4.92. The Morgan fingerprint density at radius 1 is 1.23 bits per heavy atom. The Morgan fingerprint density at radius 2 is 1.93 bits per heavy atom. The largest absolute Gasteiger partial charge is 0.388 e. The van der Waals surface area contributed by atoms with Crippen molar-refractivity contribution in [2.45, 2.75) is 80.7 Å². The van der Waals surface area contributed by atoms with Crippen molar-refractivity contribution in [2.75, 3.05) is 19.4 Å². The van der Waals surface area contributed by atoms with Crippen LogP contribution in [0.15, 0.2) is 0 Å². The fraction of sp³-hybridized carbons (Fsp3) is 0.947. The zero-order valence-corrected chi connectivity index (χ0v) is 18.1. The van der Waals surface area contributed by atoms with Crippen LogP contribution in [-0.2, 0) is 14.3 Å². The predicted octanol–water partition coefficient (Wildman–Crippen LogP) is -0.300. The second kappa shape index (κ2) is 9.51. The van der Waals surface area contributed by atoms with Crippen LogP contribution in [0.3, 0.4) is 0 Å². The second-order valence-corrected chi connectivity index (χ2v) is 9.68. The highest BCUT2D eigenvalue weighted by atomic mass is 32.2. The van der Waals surface area contributed by atoms with Gasteiger partial charge in [-0.25, -0.2) is 8.78 Å². The zero-order chi connectivity index (χ0) is 22.2. The van der Waals surface area contributed by atoms with E-state index in [2.05, 4.69) is 10.6 Å². The van der Waals surface area contributed by atoms with E-state index in [1.54, 1.807) is 6.26 Å². The second-order valence-electron chi connectivity index (χ2n) is 8.75. The summed E-state index contributed by atoms with van der Waals surface area (Å²) in [6, 6.07) is -1.46. The summed E-state index contributed by atoms with van der Waals surface area (Å²) in [6.45, 7) is 3.81. The van der Waals surface area contributed by atoms with E-state index in [1.165, 1.54) is 11.8 Å². The number of hydrogen-bond acceptors (Lipinski definition) is 8. The monoisotopic (exact) mass is 454 g/mol.